The summed E-state index contributed by atoms with van der Waals surface area (Å²) < 4.78 is 11.4. The summed E-state index contributed by atoms with van der Waals surface area (Å²) in [6, 6.07) is 13.9. The molecule has 6 heteroatoms. The van der Waals surface area contributed by atoms with Gasteiger partial charge in [-0.2, -0.15) is 0 Å². The molecule has 1 saturated heterocycles. The predicted molar refractivity (Wildman–Crippen MR) is 107 cm³/mol. The van der Waals surface area contributed by atoms with Crippen molar-refractivity contribution in [3.05, 3.63) is 65.8 Å². The van der Waals surface area contributed by atoms with Gasteiger partial charge in [-0.15, -0.1) is 11.8 Å². The van der Waals surface area contributed by atoms with Crippen molar-refractivity contribution in [2.24, 2.45) is 0 Å². The average Bonchev–Trinajstić information content (AvgIpc) is 3.43. The zero-order valence-electron chi connectivity index (χ0n) is 15.2. The molecule has 0 aliphatic carbocycles. The fourth-order valence-electron chi connectivity index (χ4n) is 3.60. The van der Waals surface area contributed by atoms with Gasteiger partial charge in [-0.05, 0) is 43.6 Å². The SMILES string of the molecule is O=C(NCC(c1ccco1)N1CCCC1)C1=C(c2ccccc2)SCCO1. The van der Waals surface area contributed by atoms with Crippen LogP contribution in [0.4, 0.5) is 0 Å². The summed E-state index contributed by atoms with van der Waals surface area (Å²) in [4.78, 5) is 16.2. The van der Waals surface area contributed by atoms with Gasteiger partial charge in [0.05, 0.1) is 23.8 Å². The third-order valence-corrected chi connectivity index (χ3v) is 6.01. The highest BCUT2D eigenvalue weighted by atomic mass is 32.2. The molecular weight excluding hydrogens is 360 g/mol. The van der Waals surface area contributed by atoms with Crippen LogP contribution in [-0.4, -0.2) is 42.8 Å². The van der Waals surface area contributed by atoms with Gasteiger partial charge >= 0.3 is 0 Å². The van der Waals surface area contributed by atoms with Crippen molar-refractivity contribution < 1.29 is 13.9 Å². The lowest BCUT2D eigenvalue weighted by atomic mass is 10.1. The molecule has 2 aliphatic heterocycles. The Hall–Kier alpha value is -2.18. The summed E-state index contributed by atoms with van der Waals surface area (Å²) in [6.07, 6.45) is 4.07. The molecule has 1 aromatic carbocycles. The van der Waals surface area contributed by atoms with Gasteiger partial charge < -0.3 is 14.5 Å². The summed E-state index contributed by atoms with van der Waals surface area (Å²) in [6.45, 7) is 3.13. The molecule has 1 amide bonds. The Morgan fingerprint density at radius 1 is 1.15 bits per heavy atom. The van der Waals surface area contributed by atoms with E-state index in [-0.39, 0.29) is 11.9 Å². The van der Waals surface area contributed by atoms with Crippen LogP contribution >= 0.6 is 11.8 Å². The Morgan fingerprint density at radius 3 is 2.70 bits per heavy atom. The quantitative estimate of drug-likeness (QED) is 0.824. The minimum atomic E-state index is -0.156. The van der Waals surface area contributed by atoms with E-state index in [1.165, 1.54) is 12.8 Å². The number of amides is 1. The van der Waals surface area contributed by atoms with E-state index >= 15 is 0 Å². The van der Waals surface area contributed by atoms with Crippen molar-refractivity contribution in [3.8, 4) is 0 Å². The lowest BCUT2D eigenvalue weighted by molar-refractivity contribution is -0.121. The minimum Gasteiger partial charge on any atom is -0.486 e. The highest BCUT2D eigenvalue weighted by molar-refractivity contribution is 8.08. The fraction of sp³-hybridized carbons (Fsp3) is 0.381. The molecule has 1 atom stereocenters. The zero-order chi connectivity index (χ0) is 18.5. The number of ether oxygens (including phenoxy) is 1. The van der Waals surface area contributed by atoms with E-state index in [9.17, 15) is 4.79 Å². The standard InChI is InChI=1S/C21H24N2O3S/c24-21(19-20(27-14-13-26-19)16-7-2-1-3-8-16)22-15-17(18-9-6-12-25-18)23-10-4-5-11-23/h1-3,6-9,12,17H,4-5,10-11,13-15H2,(H,22,24). The number of thioether (sulfide) groups is 1. The van der Waals surface area contributed by atoms with Gasteiger partial charge in [0.1, 0.15) is 5.76 Å². The normalized spacial score (nSPS) is 19.0. The second-order valence-electron chi connectivity index (χ2n) is 6.71. The largest absolute Gasteiger partial charge is 0.486 e. The van der Waals surface area contributed by atoms with Crippen LogP contribution in [0.2, 0.25) is 0 Å². The lowest BCUT2D eigenvalue weighted by Gasteiger charge is -2.27. The van der Waals surface area contributed by atoms with Crippen molar-refractivity contribution in [2.75, 3.05) is 32.0 Å². The van der Waals surface area contributed by atoms with Crippen molar-refractivity contribution in [2.45, 2.75) is 18.9 Å². The maximum Gasteiger partial charge on any atom is 0.287 e. The number of hydrogen-bond acceptors (Lipinski definition) is 5. The van der Waals surface area contributed by atoms with Crippen molar-refractivity contribution in [3.63, 3.8) is 0 Å². The van der Waals surface area contributed by atoms with E-state index in [0.29, 0.717) is 18.9 Å². The molecule has 1 aromatic heterocycles. The van der Waals surface area contributed by atoms with Gasteiger partial charge in [0.25, 0.3) is 5.91 Å². The number of rotatable bonds is 6. The Kier molecular flexibility index (Phi) is 5.84. The van der Waals surface area contributed by atoms with Crippen molar-refractivity contribution in [1.29, 1.82) is 0 Å². The molecule has 142 valence electrons. The topological polar surface area (TPSA) is 54.7 Å². The smallest absolute Gasteiger partial charge is 0.287 e. The molecule has 1 unspecified atom stereocenters. The first-order chi connectivity index (χ1) is 13.3. The van der Waals surface area contributed by atoms with Crippen LogP contribution in [0.5, 0.6) is 0 Å². The van der Waals surface area contributed by atoms with Gasteiger partial charge in [0, 0.05) is 12.3 Å². The highest BCUT2D eigenvalue weighted by Gasteiger charge is 2.28. The maximum absolute atomic E-state index is 12.9. The molecule has 1 N–H and O–H groups in total. The summed E-state index contributed by atoms with van der Waals surface area (Å²) in [7, 11) is 0. The number of furan rings is 1. The van der Waals surface area contributed by atoms with E-state index in [1.807, 2.05) is 42.5 Å². The van der Waals surface area contributed by atoms with E-state index in [1.54, 1.807) is 18.0 Å². The van der Waals surface area contributed by atoms with Gasteiger partial charge in [0.2, 0.25) is 0 Å². The maximum atomic E-state index is 12.9. The number of carbonyl (C=O) groups excluding carboxylic acids is 1. The second kappa shape index (κ2) is 8.67. The average molecular weight is 385 g/mol. The first-order valence-electron chi connectivity index (χ1n) is 9.44. The summed E-state index contributed by atoms with van der Waals surface area (Å²) in [5.41, 5.74) is 1.02. The number of nitrogens with one attached hydrogen (secondary N) is 1. The van der Waals surface area contributed by atoms with E-state index in [2.05, 4.69) is 10.2 Å². The molecule has 4 rings (SSSR count). The van der Waals surface area contributed by atoms with E-state index in [0.717, 1.165) is 35.1 Å². The molecule has 3 heterocycles. The summed E-state index contributed by atoms with van der Waals surface area (Å²) in [5, 5.41) is 3.08. The molecule has 0 radical (unpaired) electrons. The van der Waals surface area contributed by atoms with Crippen molar-refractivity contribution in [1.82, 2.24) is 10.2 Å². The van der Waals surface area contributed by atoms with Gasteiger partial charge in [-0.3, -0.25) is 9.69 Å². The van der Waals surface area contributed by atoms with Crippen LogP contribution in [0.25, 0.3) is 4.91 Å². The van der Waals surface area contributed by atoms with Crippen LogP contribution in [0.15, 0.2) is 58.9 Å². The molecule has 5 nitrogen and oxygen atoms in total. The highest BCUT2D eigenvalue weighted by Crippen LogP contribution is 2.34. The predicted octanol–water partition coefficient (Wildman–Crippen LogP) is 3.66. The zero-order valence-corrected chi connectivity index (χ0v) is 16.0. The molecule has 2 aromatic rings. The Bertz CT molecular complexity index is 783. The Morgan fingerprint density at radius 2 is 1.96 bits per heavy atom. The molecule has 0 saturated carbocycles. The lowest BCUT2D eigenvalue weighted by Crippen LogP contribution is -2.38. The Labute approximate surface area is 163 Å². The van der Waals surface area contributed by atoms with Gasteiger partial charge in [-0.1, -0.05) is 30.3 Å². The van der Waals surface area contributed by atoms with Crippen LogP contribution in [0.1, 0.15) is 30.2 Å². The number of carbonyl (C=O) groups is 1. The van der Waals surface area contributed by atoms with E-state index < -0.39 is 0 Å². The number of likely N-dealkylation sites (tertiary alicyclic amines) is 1. The van der Waals surface area contributed by atoms with Gasteiger partial charge in [0.15, 0.2) is 5.76 Å². The van der Waals surface area contributed by atoms with E-state index in [4.69, 9.17) is 9.15 Å². The van der Waals surface area contributed by atoms with Crippen LogP contribution < -0.4 is 5.32 Å². The monoisotopic (exact) mass is 384 g/mol. The second-order valence-corrected chi connectivity index (χ2v) is 7.81. The third-order valence-electron chi connectivity index (χ3n) is 4.93. The molecule has 2 aliphatic rings. The molecule has 27 heavy (non-hydrogen) atoms. The van der Waals surface area contributed by atoms with Crippen LogP contribution in [0, 0.1) is 0 Å². The number of benzene rings is 1. The van der Waals surface area contributed by atoms with Crippen molar-refractivity contribution >= 4 is 22.6 Å². The molecule has 0 bridgehead atoms. The van der Waals surface area contributed by atoms with Crippen LogP contribution in [0.3, 0.4) is 0 Å². The fourth-order valence-corrected chi connectivity index (χ4v) is 4.56. The summed E-state index contributed by atoms with van der Waals surface area (Å²) in [5.74, 6) is 2.02. The number of hydrogen-bond donors (Lipinski definition) is 1. The van der Waals surface area contributed by atoms with Crippen LogP contribution in [-0.2, 0) is 9.53 Å². The summed E-state index contributed by atoms with van der Waals surface area (Å²) >= 11 is 1.67. The Balaban J connectivity index is 1.50. The third kappa shape index (κ3) is 4.22. The molecule has 1 fully saturated rings. The molecular formula is C21H24N2O3S. The minimum absolute atomic E-state index is 0.0588. The van der Waals surface area contributed by atoms with Gasteiger partial charge in [-0.25, -0.2) is 0 Å². The first-order valence-corrected chi connectivity index (χ1v) is 10.4. The molecule has 0 spiro atoms. The number of nitrogens with zero attached hydrogens (tertiary/aromatic N) is 1. The first kappa shape index (κ1) is 18.2.